The summed E-state index contributed by atoms with van der Waals surface area (Å²) in [7, 11) is -3.10. The molecule has 21 heavy (non-hydrogen) atoms. The first kappa shape index (κ1) is 16.4. The number of piperazine rings is 1. The SMILES string of the molecule is C[C@H](c1nc(C(C)(C)C)no1)N1CCN(S(C)(=O)=O)CC1. The van der Waals surface area contributed by atoms with Gasteiger partial charge in [0.15, 0.2) is 5.82 Å². The van der Waals surface area contributed by atoms with E-state index in [4.69, 9.17) is 4.52 Å². The third-order valence-corrected chi connectivity index (χ3v) is 5.06. The second-order valence-electron chi connectivity index (χ2n) is 6.58. The summed E-state index contributed by atoms with van der Waals surface area (Å²) in [5.41, 5.74) is -0.142. The highest BCUT2D eigenvalue weighted by Crippen LogP contribution is 2.24. The summed E-state index contributed by atoms with van der Waals surface area (Å²) in [6, 6.07) is -0.00434. The molecule has 1 aromatic rings. The van der Waals surface area contributed by atoms with E-state index >= 15 is 0 Å². The van der Waals surface area contributed by atoms with Crippen molar-refractivity contribution in [2.75, 3.05) is 32.4 Å². The van der Waals surface area contributed by atoms with E-state index < -0.39 is 10.0 Å². The summed E-state index contributed by atoms with van der Waals surface area (Å²) in [6.07, 6.45) is 1.25. The molecule has 1 fully saturated rings. The van der Waals surface area contributed by atoms with Crippen LogP contribution in [0.1, 0.15) is 45.5 Å². The van der Waals surface area contributed by atoms with Crippen molar-refractivity contribution < 1.29 is 12.9 Å². The minimum atomic E-state index is -3.10. The van der Waals surface area contributed by atoms with Crippen LogP contribution in [0.2, 0.25) is 0 Å². The maximum atomic E-state index is 11.5. The molecule has 8 heteroatoms. The van der Waals surface area contributed by atoms with E-state index in [0.717, 1.165) is 0 Å². The fourth-order valence-corrected chi connectivity index (χ4v) is 3.11. The molecule has 0 bridgehead atoms. The molecule has 1 aromatic heterocycles. The van der Waals surface area contributed by atoms with Crippen molar-refractivity contribution in [1.82, 2.24) is 19.3 Å². The fraction of sp³-hybridized carbons (Fsp3) is 0.846. The van der Waals surface area contributed by atoms with Crippen molar-refractivity contribution in [2.24, 2.45) is 0 Å². The highest BCUT2D eigenvalue weighted by molar-refractivity contribution is 7.88. The number of aromatic nitrogens is 2. The monoisotopic (exact) mass is 316 g/mol. The molecule has 1 aliphatic rings. The first-order valence-corrected chi connectivity index (χ1v) is 8.97. The standard InChI is InChI=1S/C13H24N4O3S/c1-10(11-14-12(15-20-11)13(2,3)4)16-6-8-17(9-7-16)21(5,18)19/h10H,6-9H2,1-5H3/t10-/m1/s1. The van der Waals surface area contributed by atoms with Crippen LogP contribution in [0.3, 0.4) is 0 Å². The number of nitrogens with zero attached hydrogens (tertiary/aromatic N) is 4. The lowest BCUT2D eigenvalue weighted by atomic mass is 9.96. The van der Waals surface area contributed by atoms with Crippen LogP contribution in [-0.2, 0) is 15.4 Å². The molecule has 0 unspecified atom stereocenters. The Morgan fingerprint density at radius 1 is 1.19 bits per heavy atom. The minimum Gasteiger partial charge on any atom is -0.338 e. The zero-order valence-electron chi connectivity index (χ0n) is 13.3. The quantitative estimate of drug-likeness (QED) is 0.828. The molecule has 0 aromatic carbocycles. The molecular weight excluding hydrogens is 292 g/mol. The van der Waals surface area contributed by atoms with Crippen LogP contribution in [0.5, 0.6) is 0 Å². The van der Waals surface area contributed by atoms with Crippen molar-refractivity contribution >= 4 is 10.0 Å². The van der Waals surface area contributed by atoms with Crippen LogP contribution in [-0.4, -0.2) is 60.2 Å². The third-order valence-electron chi connectivity index (χ3n) is 3.76. The van der Waals surface area contributed by atoms with Gasteiger partial charge in [-0.25, -0.2) is 8.42 Å². The molecule has 120 valence electrons. The van der Waals surface area contributed by atoms with Crippen LogP contribution in [0.4, 0.5) is 0 Å². The first-order valence-electron chi connectivity index (χ1n) is 7.12. The second-order valence-corrected chi connectivity index (χ2v) is 8.56. The van der Waals surface area contributed by atoms with E-state index in [9.17, 15) is 8.42 Å². The van der Waals surface area contributed by atoms with Gasteiger partial charge in [-0.3, -0.25) is 4.90 Å². The van der Waals surface area contributed by atoms with E-state index in [0.29, 0.717) is 37.9 Å². The van der Waals surface area contributed by atoms with Crippen molar-refractivity contribution in [3.63, 3.8) is 0 Å². The molecule has 2 rings (SSSR count). The van der Waals surface area contributed by atoms with Gasteiger partial charge >= 0.3 is 0 Å². The lowest BCUT2D eigenvalue weighted by Crippen LogP contribution is -2.48. The Kier molecular flexibility index (Phi) is 4.41. The van der Waals surface area contributed by atoms with E-state index in [1.165, 1.54) is 10.6 Å². The van der Waals surface area contributed by atoms with Gasteiger partial charge in [-0.1, -0.05) is 25.9 Å². The summed E-state index contributed by atoms with van der Waals surface area (Å²) < 4.78 is 29.9. The minimum absolute atomic E-state index is 0.00434. The second kappa shape index (κ2) is 5.66. The lowest BCUT2D eigenvalue weighted by Gasteiger charge is -2.35. The van der Waals surface area contributed by atoms with Gasteiger partial charge in [-0.15, -0.1) is 0 Å². The summed E-state index contributed by atoms with van der Waals surface area (Å²) in [6.45, 7) is 10.5. The highest BCUT2D eigenvalue weighted by atomic mass is 32.2. The smallest absolute Gasteiger partial charge is 0.243 e. The molecule has 0 amide bonds. The van der Waals surface area contributed by atoms with Crippen LogP contribution in [0.25, 0.3) is 0 Å². The molecule has 7 nitrogen and oxygen atoms in total. The van der Waals surface area contributed by atoms with Crippen molar-refractivity contribution in [3.8, 4) is 0 Å². The summed E-state index contributed by atoms with van der Waals surface area (Å²) in [5, 5.41) is 4.04. The molecule has 1 saturated heterocycles. The molecule has 2 heterocycles. The Morgan fingerprint density at radius 2 is 1.76 bits per heavy atom. The maximum absolute atomic E-state index is 11.5. The average molecular weight is 316 g/mol. The predicted molar refractivity (Wildman–Crippen MR) is 79.4 cm³/mol. The van der Waals surface area contributed by atoms with Gasteiger partial charge in [0.25, 0.3) is 0 Å². The largest absolute Gasteiger partial charge is 0.338 e. The molecule has 0 N–H and O–H groups in total. The van der Waals surface area contributed by atoms with Gasteiger partial charge in [0, 0.05) is 31.6 Å². The fourth-order valence-electron chi connectivity index (χ4n) is 2.29. The summed E-state index contributed by atoms with van der Waals surface area (Å²) in [5.74, 6) is 1.28. The van der Waals surface area contributed by atoms with Gasteiger partial charge in [-0.2, -0.15) is 9.29 Å². The Labute approximate surface area is 126 Å². The van der Waals surface area contributed by atoms with Crippen LogP contribution < -0.4 is 0 Å². The summed E-state index contributed by atoms with van der Waals surface area (Å²) in [4.78, 5) is 6.64. The van der Waals surface area contributed by atoms with Gasteiger partial charge < -0.3 is 4.52 Å². The number of rotatable bonds is 3. The van der Waals surface area contributed by atoms with Crippen molar-refractivity contribution in [1.29, 1.82) is 0 Å². The Hall–Kier alpha value is -0.990. The van der Waals surface area contributed by atoms with Crippen LogP contribution >= 0.6 is 0 Å². The number of sulfonamides is 1. The molecule has 1 aliphatic heterocycles. The first-order chi connectivity index (χ1) is 9.59. The van der Waals surface area contributed by atoms with Crippen molar-refractivity contribution in [3.05, 3.63) is 11.7 Å². The molecule has 0 aliphatic carbocycles. The topological polar surface area (TPSA) is 79.5 Å². The van der Waals surface area contributed by atoms with Crippen LogP contribution in [0, 0.1) is 0 Å². The van der Waals surface area contributed by atoms with Gasteiger partial charge in [0.1, 0.15) is 0 Å². The lowest BCUT2D eigenvalue weighted by molar-refractivity contribution is 0.124. The Bertz CT molecular complexity index is 583. The highest BCUT2D eigenvalue weighted by Gasteiger charge is 2.30. The zero-order valence-corrected chi connectivity index (χ0v) is 14.1. The average Bonchev–Trinajstić information content (AvgIpc) is 2.86. The number of hydrogen-bond donors (Lipinski definition) is 0. The van der Waals surface area contributed by atoms with Gasteiger partial charge in [-0.05, 0) is 6.92 Å². The van der Waals surface area contributed by atoms with E-state index in [2.05, 4.69) is 15.0 Å². The predicted octanol–water partition coefficient (Wildman–Crippen LogP) is 1.01. The van der Waals surface area contributed by atoms with E-state index in [1.54, 1.807) is 0 Å². The molecule has 0 spiro atoms. The Balaban J connectivity index is 2.02. The number of hydrogen-bond acceptors (Lipinski definition) is 6. The van der Waals surface area contributed by atoms with Crippen molar-refractivity contribution in [2.45, 2.75) is 39.2 Å². The van der Waals surface area contributed by atoms with E-state index in [-0.39, 0.29) is 11.5 Å². The zero-order chi connectivity index (χ0) is 15.8. The molecular formula is C13H24N4O3S. The normalized spacial score (nSPS) is 20.6. The summed E-state index contributed by atoms with van der Waals surface area (Å²) >= 11 is 0. The maximum Gasteiger partial charge on any atom is 0.243 e. The molecule has 0 saturated carbocycles. The third kappa shape index (κ3) is 3.81. The van der Waals surface area contributed by atoms with Gasteiger partial charge in [0.05, 0.1) is 12.3 Å². The van der Waals surface area contributed by atoms with Crippen LogP contribution in [0.15, 0.2) is 4.52 Å². The molecule has 1 atom stereocenters. The van der Waals surface area contributed by atoms with Gasteiger partial charge in [0.2, 0.25) is 15.9 Å². The van der Waals surface area contributed by atoms with E-state index in [1.807, 2.05) is 27.7 Å². The molecule has 0 radical (unpaired) electrons. The Morgan fingerprint density at radius 3 is 2.19 bits per heavy atom.